The molecule has 4 nitrogen and oxygen atoms in total. The SMILES string of the molecule is Cc1nc2ccc(C(=O)N3CCc4sccc4[C@@H]3c3cccs3)cc2nc1C. The smallest absolute Gasteiger partial charge is 0.254 e. The molecule has 1 aliphatic heterocycles. The van der Waals surface area contributed by atoms with Gasteiger partial charge in [0.2, 0.25) is 0 Å². The van der Waals surface area contributed by atoms with Crippen molar-refractivity contribution >= 4 is 39.6 Å². The largest absolute Gasteiger partial charge is 0.326 e. The summed E-state index contributed by atoms with van der Waals surface area (Å²) >= 11 is 3.50. The van der Waals surface area contributed by atoms with Crippen LogP contribution in [0.3, 0.4) is 0 Å². The quantitative estimate of drug-likeness (QED) is 0.463. The van der Waals surface area contributed by atoms with Crippen LogP contribution in [0.2, 0.25) is 0 Å². The van der Waals surface area contributed by atoms with Crippen molar-refractivity contribution < 1.29 is 4.79 Å². The summed E-state index contributed by atoms with van der Waals surface area (Å²) < 4.78 is 0. The lowest BCUT2D eigenvalue weighted by Crippen LogP contribution is -2.39. The van der Waals surface area contributed by atoms with E-state index in [0.717, 1.165) is 35.4 Å². The number of hydrogen-bond acceptors (Lipinski definition) is 5. The highest BCUT2D eigenvalue weighted by atomic mass is 32.1. The van der Waals surface area contributed by atoms with Gasteiger partial charge in [-0.05, 0) is 66.9 Å². The molecule has 0 saturated carbocycles. The predicted octanol–water partition coefficient (Wildman–Crippen LogP) is 5.16. The van der Waals surface area contributed by atoms with E-state index in [9.17, 15) is 4.79 Å². The lowest BCUT2D eigenvalue weighted by molar-refractivity contribution is 0.0699. The number of benzene rings is 1. The molecule has 0 N–H and O–H groups in total. The first kappa shape index (κ1) is 17.5. The van der Waals surface area contributed by atoms with Gasteiger partial charge in [0.25, 0.3) is 5.91 Å². The second kappa shape index (κ2) is 6.79. The molecule has 140 valence electrons. The molecule has 28 heavy (non-hydrogen) atoms. The topological polar surface area (TPSA) is 46.1 Å². The zero-order chi connectivity index (χ0) is 19.3. The maximum Gasteiger partial charge on any atom is 0.254 e. The Morgan fingerprint density at radius 3 is 2.64 bits per heavy atom. The molecule has 1 amide bonds. The van der Waals surface area contributed by atoms with Crippen molar-refractivity contribution in [2.75, 3.05) is 6.54 Å². The van der Waals surface area contributed by atoms with Gasteiger partial charge in [-0.2, -0.15) is 0 Å². The highest BCUT2D eigenvalue weighted by molar-refractivity contribution is 7.10. The number of hydrogen-bond donors (Lipinski definition) is 0. The van der Waals surface area contributed by atoms with Gasteiger partial charge in [-0.1, -0.05) is 6.07 Å². The van der Waals surface area contributed by atoms with Gasteiger partial charge in [0.1, 0.15) is 0 Å². The number of rotatable bonds is 2. The maximum atomic E-state index is 13.5. The van der Waals surface area contributed by atoms with E-state index in [4.69, 9.17) is 0 Å². The zero-order valence-corrected chi connectivity index (χ0v) is 17.3. The lowest BCUT2D eigenvalue weighted by Gasteiger charge is -2.35. The van der Waals surface area contributed by atoms with E-state index in [-0.39, 0.29) is 11.9 Å². The molecule has 0 unspecified atom stereocenters. The Balaban J connectivity index is 1.57. The van der Waals surface area contributed by atoms with E-state index in [1.54, 1.807) is 22.7 Å². The predicted molar refractivity (Wildman–Crippen MR) is 114 cm³/mol. The highest BCUT2D eigenvalue weighted by Gasteiger charge is 2.34. The van der Waals surface area contributed by atoms with Crippen molar-refractivity contribution in [1.82, 2.24) is 14.9 Å². The van der Waals surface area contributed by atoms with Crippen LogP contribution in [0.25, 0.3) is 11.0 Å². The number of aryl methyl sites for hydroxylation is 2. The van der Waals surface area contributed by atoms with Crippen LogP contribution >= 0.6 is 22.7 Å². The second-order valence-electron chi connectivity index (χ2n) is 7.06. The Kier molecular flexibility index (Phi) is 4.25. The third-order valence-corrected chi connectivity index (χ3v) is 7.28. The zero-order valence-electron chi connectivity index (χ0n) is 15.7. The lowest BCUT2D eigenvalue weighted by atomic mass is 9.97. The van der Waals surface area contributed by atoms with Crippen molar-refractivity contribution in [2.24, 2.45) is 0 Å². The molecule has 0 spiro atoms. The Bertz CT molecular complexity index is 1180. The molecule has 5 rings (SSSR count). The van der Waals surface area contributed by atoms with Crippen molar-refractivity contribution in [1.29, 1.82) is 0 Å². The average Bonchev–Trinajstić information content (AvgIpc) is 3.39. The van der Waals surface area contributed by atoms with Gasteiger partial charge in [-0.25, -0.2) is 9.97 Å². The van der Waals surface area contributed by atoms with Crippen molar-refractivity contribution in [3.05, 3.63) is 79.4 Å². The molecular formula is C22H19N3OS2. The summed E-state index contributed by atoms with van der Waals surface area (Å²) in [5, 5.41) is 4.21. The first-order valence-electron chi connectivity index (χ1n) is 9.27. The molecule has 0 fully saturated rings. The van der Waals surface area contributed by atoms with Gasteiger partial charge >= 0.3 is 0 Å². The van der Waals surface area contributed by atoms with Gasteiger partial charge in [0, 0.05) is 21.9 Å². The molecule has 1 atom stereocenters. The minimum atomic E-state index is -0.0102. The molecule has 1 aliphatic rings. The van der Waals surface area contributed by atoms with E-state index in [2.05, 4.69) is 38.9 Å². The van der Waals surface area contributed by atoms with Crippen LogP contribution < -0.4 is 0 Å². The number of amides is 1. The van der Waals surface area contributed by atoms with E-state index < -0.39 is 0 Å². The van der Waals surface area contributed by atoms with Crippen molar-refractivity contribution in [2.45, 2.75) is 26.3 Å². The third-order valence-electron chi connectivity index (χ3n) is 5.36. The van der Waals surface area contributed by atoms with Crippen LogP contribution in [0.1, 0.15) is 43.1 Å². The van der Waals surface area contributed by atoms with Gasteiger partial charge in [0.15, 0.2) is 0 Å². The number of thiophene rings is 2. The molecule has 6 heteroatoms. The first-order chi connectivity index (χ1) is 13.6. The monoisotopic (exact) mass is 405 g/mol. The Morgan fingerprint density at radius 1 is 1.04 bits per heavy atom. The highest BCUT2D eigenvalue weighted by Crippen LogP contribution is 2.40. The fraction of sp³-hybridized carbons (Fsp3) is 0.227. The molecule has 0 radical (unpaired) electrons. The average molecular weight is 406 g/mol. The van der Waals surface area contributed by atoms with Crippen LogP contribution in [-0.2, 0) is 6.42 Å². The Morgan fingerprint density at radius 2 is 1.86 bits per heavy atom. The number of fused-ring (bicyclic) bond motifs is 2. The van der Waals surface area contributed by atoms with Crippen LogP contribution in [-0.4, -0.2) is 27.3 Å². The summed E-state index contributed by atoms with van der Waals surface area (Å²) in [6, 6.07) is 12.0. The Hall–Kier alpha value is -2.57. The molecule has 0 saturated heterocycles. The van der Waals surface area contributed by atoms with E-state index in [1.165, 1.54) is 15.3 Å². The summed E-state index contributed by atoms with van der Waals surface area (Å²) in [5.74, 6) is 0.0529. The first-order valence-corrected chi connectivity index (χ1v) is 11.0. The number of nitrogens with zero attached hydrogens (tertiary/aromatic N) is 3. The third kappa shape index (κ3) is 2.84. The van der Waals surface area contributed by atoms with Gasteiger partial charge < -0.3 is 4.90 Å². The summed E-state index contributed by atoms with van der Waals surface area (Å²) in [6.45, 7) is 4.63. The molecule has 4 aromatic rings. The van der Waals surface area contributed by atoms with Crippen molar-refractivity contribution in [3.8, 4) is 0 Å². The van der Waals surface area contributed by atoms with E-state index in [1.807, 2.05) is 36.9 Å². The van der Waals surface area contributed by atoms with Gasteiger partial charge in [-0.3, -0.25) is 4.79 Å². The molecule has 3 aromatic heterocycles. The number of aromatic nitrogens is 2. The standard InChI is InChI=1S/C22H19N3OS2/c1-13-14(2)24-18-12-15(5-6-17(18)23-13)22(26)25-9-7-19-16(8-11-28-19)21(25)20-4-3-10-27-20/h3-6,8,10-12,21H,7,9H2,1-2H3/t21-/m1/s1. The van der Waals surface area contributed by atoms with E-state index >= 15 is 0 Å². The van der Waals surface area contributed by atoms with Crippen LogP contribution in [0.4, 0.5) is 0 Å². The van der Waals surface area contributed by atoms with Crippen LogP contribution in [0, 0.1) is 13.8 Å². The number of carbonyl (C=O) groups excluding carboxylic acids is 1. The molecule has 1 aromatic carbocycles. The van der Waals surface area contributed by atoms with Gasteiger partial charge in [-0.15, -0.1) is 22.7 Å². The fourth-order valence-electron chi connectivity index (χ4n) is 3.82. The second-order valence-corrected chi connectivity index (χ2v) is 9.04. The summed E-state index contributed by atoms with van der Waals surface area (Å²) in [5.41, 5.74) is 5.35. The van der Waals surface area contributed by atoms with E-state index in [0.29, 0.717) is 5.56 Å². The maximum absolute atomic E-state index is 13.5. The number of carbonyl (C=O) groups is 1. The normalized spacial score (nSPS) is 16.4. The minimum Gasteiger partial charge on any atom is -0.326 e. The van der Waals surface area contributed by atoms with Crippen LogP contribution in [0.5, 0.6) is 0 Å². The minimum absolute atomic E-state index is 0.0102. The molecule has 4 heterocycles. The molecular weight excluding hydrogens is 386 g/mol. The van der Waals surface area contributed by atoms with Crippen LogP contribution in [0.15, 0.2) is 47.2 Å². The summed E-state index contributed by atoms with van der Waals surface area (Å²) in [7, 11) is 0. The fourth-order valence-corrected chi connectivity index (χ4v) is 5.58. The van der Waals surface area contributed by atoms with Gasteiger partial charge in [0.05, 0.1) is 28.5 Å². The summed E-state index contributed by atoms with van der Waals surface area (Å²) in [6.07, 6.45) is 0.909. The summed E-state index contributed by atoms with van der Waals surface area (Å²) in [4.78, 5) is 27.3. The Labute approximate surface area is 171 Å². The molecule has 0 aliphatic carbocycles. The van der Waals surface area contributed by atoms with Crippen molar-refractivity contribution in [3.63, 3.8) is 0 Å². The molecule has 0 bridgehead atoms.